The van der Waals surface area contributed by atoms with Crippen molar-refractivity contribution in [3.05, 3.63) is 29.8 Å². The van der Waals surface area contributed by atoms with Gasteiger partial charge in [0.05, 0.1) is 0 Å². The highest BCUT2D eigenvalue weighted by Crippen LogP contribution is 2.18. The van der Waals surface area contributed by atoms with Crippen molar-refractivity contribution in [2.24, 2.45) is 0 Å². The number of carbonyl (C=O) groups excluding carboxylic acids is 2. The van der Waals surface area contributed by atoms with Crippen LogP contribution in [0.25, 0.3) is 0 Å². The van der Waals surface area contributed by atoms with Gasteiger partial charge in [-0.3, -0.25) is 9.59 Å². The average molecular weight is 285 g/mol. The van der Waals surface area contributed by atoms with Crippen LogP contribution in [-0.2, 0) is 29.7 Å². The number of nitrogens with zero attached hydrogens (tertiary/aromatic N) is 1. The average Bonchev–Trinajstić information content (AvgIpc) is 2.60. The zero-order valence-corrected chi connectivity index (χ0v) is 10.6. The number of phenols is 1. The second kappa shape index (κ2) is 4.98. The molecule has 2 rings (SSSR count). The zero-order chi connectivity index (χ0) is 14.0. The maximum atomic E-state index is 11.7. The van der Waals surface area contributed by atoms with Crippen molar-refractivity contribution in [1.82, 2.24) is 5.06 Å². The Morgan fingerprint density at radius 3 is 2.42 bits per heavy atom. The maximum absolute atomic E-state index is 11.7. The third-order valence-corrected chi connectivity index (χ3v) is 3.51. The summed E-state index contributed by atoms with van der Waals surface area (Å²) in [4.78, 5) is 22.5. The number of hydrogen-bond acceptors (Lipinski definition) is 6. The van der Waals surface area contributed by atoms with E-state index < -0.39 is 27.7 Å². The number of rotatable bonds is 4. The fourth-order valence-corrected chi connectivity index (χ4v) is 2.66. The normalized spacial score (nSPS) is 16.1. The SMILES string of the molecule is O=C1CCC(=O)N1OS(=O)(=O)Cc1cccc(O)c1. The van der Waals surface area contributed by atoms with E-state index in [4.69, 9.17) is 0 Å². The van der Waals surface area contributed by atoms with Gasteiger partial charge in [0.25, 0.3) is 21.9 Å². The third kappa shape index (κ3) is 3.30. The lowest BCUT2D eigenvalue weighted by Gasteiger charge is -2.12. The summed E-state index contributed by atoms with van der Waals surface area (Å²) >= 11 is 0. The lowest BCUT2D eigenvalue weighted by atomic mass is 10.2. The van der Waals surface area contributed by atoms with Crippen molar-refractivity contribution in [3.63, 3.8) is 0 Å². The minimum Gasteiger partial charge on any atom is -0.508 e. The van der Waals surface area contributed by atoms with Crippen LogP contribution in [0.2, 0.25) is 0 Å². The molecule has 0 atom stereocenters. The molecule has 0 aliphatic carbocycles. The Kier molecular flexibility index (Phi) is 3.54. The van der Waals surface area contributed by atoms with Gasteiger partial charge in [0, 0.05) is 12.8 Å². The predicted molar refractivity (Wildman–Crippen MR) is 62.9 cm³/mol. The Morgan fingerprint density at radius 1 is 1.21 bits per heavy atom. The summed E-state index contributed by atoms with van der Waals surface area (Å²) in [5.41, 5.74) is 0.291. The molecular weight excluding hydrogens is 274 g/mol. The monoisotopic (exact) mass is 285 g/mol. The molecular formula is C11H11NO6S. The lowest BCUT2D eigenvalue weighted by molar-refractivity contribution is -0.163. The Morgan fingerprint density at radius 2 is 1.84 bits per heavy atom. The quantitative estimate of drug-likeness (QED) is 0.799. The molecule has 0 unspecified atom stereocenters. The van der Waals surface area contributed by atoms with Crippen LogP contribution in [0, 0.1) is 0 Å². The fraction of sp³-hybridized carbons (Fsp3) is 0.273. The van der Waals surface area contributed by atoms with E-state index in [9.17, 15) is 23.1 Å². The van der Waals surface area contributed by atoms with Gasteiger partial charge in [-0.2, -0.15) is 8.42 Å². The van der Waals surface area contributed by atoms with E-state index in [1.807, 2.05) is 0 Å². The van der Waals surface area contributed by atoms with Crippen LogP contribution in [0.3, 0.4) is 0 Å². The first kappa shape index (κ1) is 13.5. The van der Waals surface area contributed by atoms with Gasteiger partial charge >= 0.3 is 0 Å². The summed E-state index contributed by atoms with van der Waals surface area (Å²) in [5.74, 6) is -1.98. The summed E-state index contributed by atoms with van der Waals surface area (Å²) in [6, 6.07) is 5.61. The topological polar surface area (TPSA) is 101 Å². The van der Waals surface area contributed by atoms with Gasteiger partial charge in [-0.05, 0) is 17.7 Å². The van der Waals surface area contributed by atoms with Gasteiger partial charge in [0.1, 0.15) is 11.5 Å². The molecule has 1 aliphatic heterocycles. The van der Waals surface area contributed by atoms with Crippen LogP contribution in [0.5, 0.6) is 5.75 Å². The molecule has 19 heavy (non-hydrogen) atoms. The highest BCUT2D eigenvalue weighted by atomic mass is 32.2. The molecule has 0 spiro atoms. The Balaban J connectivity index is 2.11. The number of phenolic OH excluding ortho intramolecular Hbond substituents is 1. The van der Waals surface area contributed by atoms with Crippen molar-refractivity contribution in [2.45, 2.75) is 18.6 Å². The summed E-state index contributed by atoms with van der Waals surface area (Å²) in [7, 11) is -4.13. The zero-order valence-electron chi connectivity index (χ0n) is 9.77. The van der Waals surface area contributed by atoms with Crippen molar-refractivity contribution in [2.75, 3.05) is 0 Å². The molecule has 1 aromatic carbocycles. The van der Waals surface area contributed by atoms with Crippen LogP contribution in [-0.4, -0.2) is 30.4 Å². The molecule has 8 heteroatoms. The summed E-state index contributed by atoms with van der Waals surface area (Å²) in [6.07, 6.45) is -0.110. The van der Waals surface area contributed by atoms with Gasteiger partial charge < -0.3 is 5.11 Å². The number of carbonyl (C=O) groups is 2. The number of aromatic hydroxyl groups is 1. The lowest BCUT2D eigenvalue weighted by Crippen LogP contribution is -2.32. The third-order valence-electron chi connectivity index (χ3n) is 2.45. The molecule has 102 valence electrons. The van der Waals surface area contributed by atoms with E-state index in [2.05, 4.69) is 4.28 Å². The van der Waals surface area contributed by atoms with Gasteiger partial charge in [0.15, 0.2) is 0 Å². The molecule has 1 heterocycles. The second-order valence-electron chi connectivity index (χ2n) is 4.03. The van der Waals surface area contributed by atoms with Crippen LogP contribution in [0.15, 0.2) is 24.3 Å². The molecule has 1 fully saturated rings. The van der Waals surface area contributed by atoms with Crippen molar-refractivity contribution in [1.29, 1.82) is 0 Å². The Hall–Kier alpha value is -1.93. The summed E-state index contributed by atoms with van der Waals surface area (Å²) in [5, 5.41) is 9.50. The highest BCUT2D eigenvalue weighted by molar-refractivity contribution is 7.85. The molecule has 1 aliphatic rings. The van der Waals surface area contributed by atoms with Crippen LogP contribution >= 0.6 is 0 Å². The standard InChI is InChI=1S/C11H11NO6S/c13-9-3-1-2-8(6-9)7-19(16,17)18-12-10(14)4-5-11(12)15/h1-3,6,13H,4-5,7H2. The van der Waals surface area contributed by atoms with Gasteiger partial charge in [-0.1, -0.05) is 12.1 Å². The number of imide groups is 1. The molecule has 0 saturated carbocycles. The molecule has 0 bridgehead atoms. The first-order valence-electron chi connectivity index (χ1n) is 5.43. The van der Waals surface area contributed by atoms with Gasteiger partial charge in [-0.15, -0.1) is 9.35 Å². The number of hydrogen-bond donors (Lipinski definition) is 1. The second-order valence-corrected chi connectivity index (χ2v) is 5.58. The number of amides is 2. The number of hydroxylamine groups is 2. The van der Waals surface area contributed by atoms with Crippen LogP contribution in [0.1, 0.15) is 18.4 Å². The minimum atomic E-state index is -4.13. The van der Waals surface area contributed by atoms with E-state index in [1.165, 1.54) is 24.3 Å². The molecule has 2 amide bonds. The molecule has 1 N–H and O–H groups in total. The van der Waals surface area contributed by atoms with Crippen LogP contribution in [0.4, 0.5) is 0 Å². The number of benzene rings is 1. The minimum absolute atomic E-state index is 0.0551. The van der Waals surface area contributed by atoms with E-state index in [0.717, 1.165) is 0 Å². The predicted octanol–water partition coefficient (Wildman–Crippen LogP) is 0.303. The van der Waals surface area contributed by atoms with Crippen LogP contribution < -0.4 is 0 Å². The fourth-order valence-electron chi connectivity index (χ4n) is 1.63. The van der Waals surface area contributed by atoms with Gasteiger partial charge in [0.2, 0.25) is 0 Å². The Labute approximate surface area is 109 Å². The Bertz CT molecular complexity index is 608. The largest absolute Gasteiger partial charge is 0.508 e. The molecule has 0 radical (unpaired) electrons. The van der Waals surface area contributed by atoms with Crippen molar-refractivity contribution >= 4 is 21.9 Å². The van der Waals surface area contributed by atoms with Crippen molar-refractivity contribution in [3.8, 4) is 5.75 Å². The van der Waals surface area contributed by atoms with E-state index in [0.29, 0.717) is 5.56 Å². The first-order chi connectivity index (χ1) is 8.87. The highest BCUT2D eigenvalue weighted by Gasteiger charge is 2.34. The van der Waals surface area contributed by atoms with E-state index >= 15 is 0 Å². The smallest absolute Gasteiger partial charge is 0.292 e. The van der Waals surface area contributed by atoms with Gasteiger partial charge in [-0.25, -0.2) is 0 Å². The van der Waals surface area contributed by atoms with E-state index in [1.54, 1.807) is 0 Å². The summed E-state index contributed by atoms with van der Waals surface area (Å²) in [6.45, 7) is 0. The molecule has 1 aromatic rings. The van der Waals surface area contributed by atoms with Crippen molar-refractivity contribution < 1.29 is 27.4 Å². The molecule has 0 aromatic heterocycles. The molecule has 7 nitrogen and oxygen atoms in total. The maximum Gasteiger partial charge on any atom is 0.292 e. The van der Waals surface area contributed by atoms with E-state index in [-0.39, 0.29) is 23.7 Å². The summed E-state index contributed by atoms with van der Waals surface area (Å²) < 4.78 is 27.9. The first-order valence-corrected chi connectivity index (χ1v) is 7.01. The molecule has 1 saturated heterocycles.